The molecule has 0 spiro atoms. The Labute approximate surface area is 160 Å². The van der Waals surface area contributed by atoms with Crippen molar-refractivity contribution >= 4 is 39.9 Å². The number of fused-ring (bicyclic) bond motifs is 1. The van der Waals surface area contributed by atoms with Gasteiger partial charge in [0.05, 0.1) is 17.5 Å². The minimum atomic E-state index is -0.341. The van der Waals surface area contributed by atoms with E-state index in [9.17, 15) is 14.4 Å². The van der Waals surface area contributed by atoms with E-state index < -0.39 is 0 Å². The van der Waals surface area contributed by atoms with Crippen LogP contribution >= 0.6 is 11.3 Å². The van der Waals surface area contributed by atoms with Crippen LogP contribution in [0.1, 0.15) is 48.0 Å². The molecule has 1 aliphatic heterocycles. The van der Waals surface area contributed by atoms with Crippen LogP contribution in [0.15, 0.2) is 24.3 Å². The van der Waals surface area contributed by atoms with Crippen LogP contribution in [-0.4, -0.2) is 27.9 Å². The topological polar surface area (TPSA) is 92.3 Å². The van der Waals surface area contributed by atoms with Crippen molar-refractivity contribution in [1.29, 1.82) is 0 Å². The number of nitrogens with zero attached hydrogens (tertiary/aromatic N) is 3. The molecule has 2 unspecified atom stereocenters. The molecule has 0 radical (unpaired) electrons. The van der Waals surface area contributed by atoms with E-state index in [0.717, 1.165) is 37.1 Å². The van der Waals surface area contributed by atoms with Crippen LogP contribution in [0, 0.1) is 11.8 Å². The van der Waals surface area contributed by atoms with Crippen LogP contribution in [0.5, 0.6) is 0 Å². The second kappa shape index (κ2) is 7.19. The van der Waals surface area contributed by atoms with E-state index >= 15 is 0 Å². The molecule has 1 aromatic carbocycles. The van der Waals surface area contributed by atoms with E-state index in [-0.39, 0.29) is 29.6 Å². The molecule has 8 heteroatoms. The van der Waals surface area contributed by atoms with E-state index in [2.05, 4.69) is 15.5 Å². The number of rotatable bonds is 4. The first kappa shape index (κ1) is 17.8. The summed E-state index contributed by atoms with van der Waals surface area (Å²) in [5.74, 6) is -1.04. The molecule has 2 aromatic rings. The quantitative estimate of drug-likeness (QED) is 0.818. The Kier molecular flexibility index (Phi) is 4.73. The Morgan fingerprint density at radius 1 is 1.19 bits per heavy atom. The zero-order chi connectivity index (χ0) is 19.0. The van der Waals surface area contributed by atoms with Gasteiger partial charge in [-0.1, -0.05) is 37.2 Å². The molecule has 3 amide bonds. The van der Waals surface area contributed by atoms with Crippen molar-refractivity contribution in [2.75, 3.05) is 10.2 Å². The number of imide groups is 1. The van der Waals surface area contributed by atoms with Gasteiger partial charge in [-0.2, -0.15) is 0 Å². The van der Waals surface area contributed by atoms with E-state index in [1.807, 2.05) is 6.92 Å². The molecule has 1 aliphatic carbocycles. The predicted octanol–water partition coefficient (Wildman–Crippen LogP) is 3.03. The van der Waals surface area contributed by atoms with Crippen LogP contribution in [0.25, 0.3) is 0 Å². The number of nitrogens with one attached hydrogen (secondary N) is 1. The Morgan fingerprint density at radius 3 is 2.52 bits per heavy atom. The van der Waals surface area contributed by atoms with Gasteiger partial charge in [-0.05, 0) is 37.5 Å². The summed E-state index contributed by atoms with van der Waals surface area (Å²) in [6, 6.07) is 6.62. The lowest BCUT2D eigenvalue weighted by atomic mass is 9.81. The van der Waals surface area contributed by atoms with Gasteiger partial charge in [0.2, 0.25) is 16.9 Å². The number of carbonyl (C=O) groups excluding carboxylic acids is 3. The first-order valence-electron chi connectivity index (χ1n) is 9.20. The number of aromatic nitrogens is 2. The SMILES string of the molecule is CCc1nnc(NC(=O)c2cccc(N3C(=O)C4CCCCC4C3=O)c2)s1. The molecule has 7 nitrogen and oxygen atoms in total. The van der Waals surface area contributed by atoms with Gasteiger partial charge in [0.15, 0.2) is 0 Å². The predicted molar refractivity (Wildman–Crippen MR) is 102 cm³/mol. The molecular formula is C19H20N4O3S. The third kappa shape index (κ3) is 3.25. The van der Waals surface area contributed by atoms with E-state index in [1.54, 1.807) is 24.3 Å². The van der Waals surface area contributed by atoms with Gasteiger partial charge in [0.1, 0.15) is 5.01 Å². The van der Waals surface area contributed by atoms with Gasteiger partial charge in [-0.3, -0.25) is 24.6 Å². The summed E-state index contributed by atoms with van der Waals surface area (Å²) < 4.78 is 0. The molecule has 1 saturated carbocycles. The van der Waals surface area contributed by atoms with Crippen LogP contribution in [0.2, 0.25) is 0 Å². The number of aryl methyl sites for hydroxylation is 1. The number of carbonyl (C=O) groups is 3. The molecule has 1 aromatic heterocycles. The maximum absolute atomic E-state index is 12.7. The largest absolute Gasteiger partial charge is 0.296 e. The van der Waals surface area contributed by atoms with Crippen molar-refractivity contribution in [2.45, 2.75) is 39.0 Å². The summed E-state index contributed by atoms with van der Waals surface area (Å²) >= 11 is 1.33. The zero-order valence-electron chi connectivity index (χ0n) is 15.0. The van der Waals surface area contributed by atoms with Crippen LogP contribution in [0.4, 0.5) is 10.8 Å². The fraction of sp³-hybridized carbons (Fsp3) is 0.421. The highest BCUT2D eigenvalue weighted by atomic mass is 32.1. The standard InChI is InChI=1S/C19H20N4O3S/c1-2-15-21-22-19(27-15)20-16(24)11-6-5-7-12(10-11)23-17(25)13-8-3-4-9-14(13)18(23)26/h5-7,10,13-14H,2-4,8-9H2,1H3,(H,20,22,24). The number of hydrogen-bond donors (Lipinski definition) is 1. The lowest BCUT2D eigenvalue weighted by molar-refractivity contribution is -0.122. The molecule has 1 N–H and O–H groups in total. The van der Waals surface area contributed by atoms with Crippen molar-refractivity contribution in [1.82, 2.24) is 10.2 Å². The molecule has 2 fully saturated rings. The Bertz CT molecular complexity index is 886. The smallest absolute Gasteiger partial charge is 0.257 e. The summed E-state index contributed by atoms with van der Waals surface area (Å²) in [7, 11) is 0. The minimum absolute atomic E-state index is 0.140. The first-order chi connectivity index (χ1) is 13.1. The Morgan fingerprint density at radius 2 is 1.89 bits per heavy atom. The summed E-state index contributed by atoms with van der Waals surface area (Å²) in [5, 5.41) is 11.9. The average molecular weight is 384 g/mol. The molecule has 27 heavy (non-hydrogen) atoms. The van der Waals surface area contributed by atoms with Crippen molar-refractivity contribution in [3.8, 4) is 0 Å². The molecule has 2 atom stereocenters. The number of amides is 3. The minimum Gasteiger partial charge on any atom is -0.296 e. The summed E-state index contributed by atoms with van der Waals surface area (Å²) in [5.41, 5.74) is 0.829. The summed E-state index contributed by atoms with van der Waals surface area (Å²) in [6.45, 7) is 1.97. The monoisotopic (exact) mass is 384 g/mol. The highest BCUT2D eigenvalue weighted by molar-refractivity contribution is 7.15. The Balaban J connectivity index is 1.56. The van der Waals surface area contributed by atoms with Crippen LogP contribution in [-0.2, 0) is 16.0 Å². The third-order valence-electron chi connectivity index (χ3n) is 5.20. The molecule has 2 aliphatic rings. The van der Waals surface area contributed by atoms with Crippen molar-refractivity contribution in [3.63, 3.8) is 0 Å². The van der Waals surface area contributed by atoms with Gasteiger partial charge in [-0.15, -0.1) is 10.2 Å². The second-order valence-corrected chi connectivity index (χ2v) is 7.93. The summed E-state index contributed by atoms with van der Waals surface area (Å²) in [4.78, 5) is 39.3. The normalized spacial score (nSPS) is 22.0. The number of anilines is 2. The van der Waals surface area contributed by atoms with Crippen LogP contribution < -0.4 is 10.2 Å². The van der Waals surface area contributed by atoms with Crippen LogP contribution in [0.3, 0.4) is 0 Å². The second-order valence-electron chi connectivity index (χ2n) is 6.87. The number of hydrogen-bond acceptors (Lipinski definition) is 6. The lowest BCUT2D eigenvalue weighted by Crippen LogP contribution is -2.31. The fourth-order valence-corrected chi connectivity index (χ4v) is 4.49. The maximum atomic E-state index is 12.7. The van der Waals surface area contributed by atoms with E-state index in [0.29, 0.717) is 16.4 Å². The van der Waals surface area contributed by atoms with E-state index in [1.165, 1.54) is 16.2 Å². The Hall–Kier alpha value is -2.61. The third-order valence-corrected chi connectivity index (χ3v) is 6.18. The van der Waals surface area contributed by atoms with Gasteiger partial charge in [0.25, 0.3) is 5.91 Å². The first-order valence-corrected chi connectivity index (χ1v) is 10.0. The highest BCUT2D eigenvalue weighted by Crippen LogP contribution is 2.40. The molecule has 140 valence electrons. The van der Waals surface area contributed by atoms with Gasteiger partial charge >= 0.3 is 0 Å². The van der Waals surface area contributed by atoms with Gasteiger partial charge < -0.3 is 0 Å². The van der Waals surface area contributed by atoms with Gasteiger partial charge in [0, 0.05) is 5.56 Å². The lowest BCUT2D eigenvalue weighted by Gasteiger charge is -2.19. The molecular weight excluding hydrogens is 364 g/mol. The molecule has 1 saturated heterocycles. The fourth-order valence-electron chi connectivity index (χ4n) is 3.82. The van der Waals surface area contributed by atoms with Crippen molar-refractivity contribution in [2.24, 2.45) is 11.8 Å². The van der Waals surface area contributed by atoms with Crippen molar-refractivity contribution < 1.29 is 14.4 Å². The van der Waals surface area contributed by atoms with E-state index in [4.69, 9.17) is 0 Å². The molecule has 4 rings (SSSR count). The molecule has 2 heterocycles. The number of benzene rings is 1. The highest BCUT2D eigenvalue weighted by Gasteiger charge is 2.48. The zero-order valence-corrected chi connectivity index (χ0v) is 15.8. The average Bonchev–Trinajstić information content (AvgIpc) is 3.25. The van der Waals surface area contributed by atoms with Crippen molar-refractivity contribution in [3.05, 3.63) is 34.8 Å². The molecule has 0 bridgehead atoms. The maximum Gasteiger partial charge on any atom is 0.257 e. The summed E-state index contributed by atoms with van der Waals surface area (Å²) in [6.07, 6.45) is 4.26. The van der Waals surface area contributed by atoms with Gasteiger partial charge in [-0.25, -0.2) is 0 Å².